The summed E-state index contributed by atoms with van der Waals surface area (Å²) in [4.78, 5) is 20.0. The zero-order valence-corrected chi connectivity index (χ0v) is 13.8. The van der Waals surface area contributed by atoms with Crippen LogP contribution in [-0.2, 0) is 19.1 Å². The van der Waals surface area contributed by atoms with Crippen LogP contribution in [0.15, 0.2) is 48.5 Å². The molecular formula is C14H19Cl2NO4. The Balaban J connectivity index is -0.0000000948. The Hall–Kier alpha value is -2.03. The Morgan fingerprint density at radius 1 is 1.14 bits per heavy atom. The average molecular weight is 336 g/mol. The molecule has 0 amide bonds. The van der Waals surface area contributed by atoms with Crippen molar-refractivity contribution in [3.63, 3.8) is 0 Å². The molecule has 7 heteroatoms. The van der Waals surface area contributed by atoms with E-state index < -0.39 is 5.97 Å². The summed E-state index contributed by atoms with van der Waals surface area (Å²) in [5.41, 5.74) is 0.433. The Kier molecular flexibility index (Phi) is 30.1. The molecule has 0 saturated carbocycles. The zero-order chi connectivity index (χ0) is 17.8. The highest BCUT2D eigenvalue weighted by Crippen LogP contribution is 1.98. The van der Waals surface area contributed by atoms with Crippen molar-refractivity contribution < 1.29 is 19.1 Å². The Morgan fingerprint density at radius 3 is 1.48 bits per heavy atom. The van der Waals surface area contributed by atoms with Crippen LogP contribution in [0.2, 0.25) is 0 Å². The van der Waals surface area contributed by atoms with Gasteiger partial charge in [0.15, 0.2) is 0 Å². The summed E-state index contributed by atoms with van der Waals surface area (Å²) in [6.07, 6.45) is 2.29. The summed E-state index contributed by atoms with van der Waals surface area (Å²) in [5, 5.41) is 7.51. The predicted octanol–water partition coefficient (Wildman–Crippen LogP) is 3.71. The maximum Gasteiger partial charge on any atom is 0.332 e. The van der Waals surface area contributed by atoms with Crippen molar-refractivity contribution in [1.29, 1.82) is 5.26 Å². The Morgan fingerprint density at radius 2 is 1.48 bits per heavy atom. The second-order valence-corrected chi connectivity index (χ2v) is 3.78. The molecule has 5 nitrogen and oxygen atoms in total. The van der Waals surface area contributed by atoms with Gasteiger partial charge in [0.1, 0.15) is 0 Å². The van der Waals surface area contributed by atoms with E-state index in [2.05, 4.69) is 35.8 Å². The van der Waals surface area contributed by atoms with E-state index in [-0.39, 0.29) is 10.5 Å². The first-order valence-corrected chi connectivity index (χ1v) is 5.84. The van der Waals surface area contributed by atoms with Gasteiger partial charge in [-0.15, -0.1) is 0 Å². The molecule has 0 bridgehead atoms. The number of rotatable bonds is 2. The molecule has 0 aliphatic rings. The lowest BCUT2D eigenvalue weighted by Crippen LogP contribution is -1.98. The molecule has 0 atom stereocenters. The summed E-state index contributed by atoms with van der Waals surface area (Å²) >= 11 is 9.69. The van der Waals surface area contributed by atoms with E-state index in [1.807, 2.05) is 0 Å². The van der Waals surface area contributed by atoms with Crippen LogP contribution in [0.3, 0.4) is 0 Å². The molecule has 0 aromatic carbocycles. The molecule has 21 heavy (non-hydrogen) atoms. The van der Waals surface area contributed by atoms with Gasteiger partial charge in [0, 0.05) is 17.7 Å². The fourth-order valence-corrected chi connectivity index (χ4v) is 0.258. The van der Waals surface area contributed by atoms with Gasteiger partial charge in [-0.2, -0.15) is 5.26 Å². The van der Waals surface area contributed by atoms with Gasteiger partial charge in [0.05, 0.1) is 24.8 Å². The molecule has 0 unspecified atom stereocenters. The lowest BCUT2D eigenvalue weighted by molar-refractivity contribution is -0.136. The molecule has 0 aromatic heterocycles. The van der Waals surface area contributed by atoms with Gasteiger partial charge >= 0.3 is 11.9 Å². The minimum atomic E-state index is -0.394. The molecule has 0 heterocycles. The predicted molar refractivity (Wildman–Crippen MR) is 85.7 cm³/mol. The van der Waals surface area contributed by atoms with Crippen LogP contribution >= 0.6 is 23.2 Å². The van der Waals surface area contributed by atoms with Crippen LogP contribution in [0.1, 0.15) is 6.92 Å². The monoisotopic (exact) mass is 335 g/mol. The quantitative estimate of drug-likeness (QED) is 0.436. The fraction of sp³-hybridized carbons (Fsp3) is 0.214. The number of ether oxygens (including phenoxy) is 2. The summed E-state index contributed by atoms with van der Waals surface area (Å²) in [5.74, 6) is -0.741. The third-order valence-electron chi connectivity index (χ3n) is 0.993. The van der Waals surface area contributed by atoms with Crippen LogP contribution in [0.25, 0.3) is 0 Å². The minimum absolute atomic E-state index is 0.111. The summed E-state index contributed by atoms with van der Waals surface area (Å²) in [7, 11) is 2.64. The molecule has 0 spiro atoms. The maximum absolute atomic E-state index is 10.2. The highest BCUT2D eigenvalue weighted by molar-refractivity contribution is 6.55. The third-order valence-corrected chi connectivity index (χ3v) is 0.993. The topological polar surface area (TPSA) is 76.4 Å². The molecule has 0 aromatic rings. The van der Waals surface area contributed by atoms with E-state index in [1.165, 1.54) is 20.3 Å². The first-order chi connectivity index (χ1) is 9.64. The Bertz CT molecular complexity index is 394. The standard InChI is InChI=1S/C5H8O2.C4H6O2.C3H3N.C2H2Cl2/c1-4(2)5(6)7-3;1-3-4(5)6-2;1-2-3-4;1-2(3)4/h1H2,2-3H3;3H,1H2,2H3;2H,1H2;1H2. The van der Waals surface area contributed by atoms with Gasteiger partial charge in [-0.25, -0.2) is 9.59 Å². The summed E-state index contributed by atoms with van der Waals surface area (Å²) < 4.78 is 8.53. The molecule has 0 aliphatic carbocycles. The van der Waals surface area contributed by atoms with Crippen LogP contribution in [0.5, 0.6) is 0 Å². The molecule has 0 rings (SSSR count). The highest BCUT2D eigenvalue weighted by atomic mass is 35.5. The van der Waals surface area contributed by atoms with Crippen LogP contribution in [-0.4, -0.2) is 26.2 Å². The molecule has 0 saturated heterocycles. The van der Waals surface area contributed by atoms with Gasteiger partial charge in [-0.05, 0) is 6.92 Å². The molecule has 0 aliphatic heterocycles. The van der Waals surface area contributed by atoms with Crippen molar-refractivity contribution in [2.75, 3.05) is 14.2 Å². The average Bonchev–Trinajstić information content (AvgIpc) is 2.45. The SMILES string of the molecule is C=C(C)C(=O)OC.C=C(Cl)Cl.C=CC#N.C=CC(=O)OC. The smallest absolute Gasteiger partial charge is 0.332 e. The zero-order valence-electron chi connectivity index (χ0n) is 12.3. The molecule has 0 fully saturated rings. The number of carbonyl (C=O) groups excluding carboxylic acids is 2. The van der Waals surface area contributed by atoms with Gasteiger partial charge in [-0.3, -0.25) is 0 Å². The number of halogens is 2. The highest BCUT2D eigenvalue weighted by Gasteiger charge is 1.95. The number of carbonyl (C=O) groups is 2. The Labute approximate surface area is 135 Å². The normalized spacial score (nSPS) is 6.48. The summed E-state index contributed by atoms with van der Waals surface area (Å²) in [6.45, 7) is 14.3. The number of nitrogens with zero attached hydrogens (tertiary/aromatic N) is 1. The third kappa shape index (κ3) is 57.0. The van der Waals surface area contributed by atoms with Gasteiger partial charge in [-0.1, -0.05) is 49.5 Å². The van der Waals surface area contributed by atoms with E-state index in [1.54, 1.807) is 13.0 Å². The van der Waals surface area contributed by atoms with Gasteiger partial charge in [0.2, 0.25) is 0 Å². The molecule has 118 valence electrons. The number of nitriles is 1. The van der Waals surface area contributed by atoms with Crippen LogP contribution in [0.4, 0.5) is 0 Å². The second-order valence-electron chi connectivity index (χ2n) is 2.67. The number of esters is 2. The number of hydrogen-bond acceptors (Lipinski definition) is 5. The molecule has 0 N–H and O–H groups in total. The minimum Gasteiger partial charge on any atom is -0.466 e. The van der Waals surface area contributed by atoms with Crippen molar-refractivity contribution in [3.8, 4) is 6.07 Å². The van der Waals surface area contributed by atoms with E-state index in [4.69, 9.17) is 28.5 Å². The largest absolute Gasteiger partial charge is 0.466 e. The van der Waals surface area contributed by atoms with E-state index in [9.17, 15) is 9.59 Å². The first kappa shape index (κ1) is 27.3. The van der Waals surface area contributed by atoms with Gasteiger partial charge < -0.3 is 9.47 Å². The fourth-order valence-electron chi connectivity index (χ4n) is 0.258. The van der Waals surface area contributed by atoms with Crippen molar-refractivity contribution in [2.45, 2.75) is 6.92 Å². The lowest BCUT2D eigenvalue weighted by Gasteiger charge is -1.91. The van der Waals surface area contributed by atoms with Crippen molar-refractivity contribution >= 4 is 35.1 Å². The molecular weight excluding hydrogens is 317 g/mol. The van der Waals surface area contributed by atoms with E-state index in [0.29, 0.717) is 5.57 Å². The van der Waals surface area contributed by atoms with E-state index >= 15 is 0 Å². The van der Waals surface area contributed by atoms with Crippen molar-refractivity contribution in [2.24, 2.45) is 0 Å². The van der Waals surface area contributed by atoms with Gasteiger partial charge in [0.25, 0.3) is 0 Å². The number of hydrogen-bond donors (Lipinski definition) is 0. The number of allylic oxidation sites excluding steroid dienone is 1. The lowest BCUT2D eigenvalue weighted by atomic mass is 10.4. The number of methoxy groups -OCH3 is 2. The van der Waals surface area contributed by atoms with Crippen molar-refractivity contribution in [3.05, 3.63) is 48.5 Å². The van der Waals surface area contributed by atoms with Crippen molar-refractivity contribution in [1.82, 2.24) is 0 Å². The van der Waals surface area contributed by atoms with E-state index in [0.717, 1.165) is 6.08 Å². The summed E-state index contributed by atoms with van der Waals surface area (Å²) in [6, 6.07) is 1.69. The molecule has 0 radical (unpaired) electrons. The maximum atomic E-state index is 10.2. The van der Waals surface area contributed by atoms with Crippen LogP contribution in [0, 0.1) is 11.3 Å². The second kappa shape index (κ2) is 23.1. The van der Waals surface area contributed by atoms with Crippen LogP contribution < -0.4 is 0 Å². The first-order valence-electron chi connectivity index (χ1n) is 5.09.